The molecule has 0 aliphatic carbocycles. The van der Waals surface area contributed by atoms with Gasteiger partial charge in [-0.3, -0.25) is 5.43 Å². The van der Waals surface area contributed by atoms with Gasteiger partial charge >= 0.3 is 0 Å². The summed E-state index contributed by atoms with van der Waals surface area (Å²) in [6, 6.07) is 14.0. The predicted molar refractivity (Wildman–Crippen MR) is 111 cm³/mol. The van der Waals surface area contributed by atoms with Crippen molar-refractivity contribution in [3.05, 3.63) is 64.5 Å². The van der Waals surface area contributed by atoms with E-state index in [0.717, 1.165) is 16.8 Å². The number of rotatable bonds is 6. The second kappa shape index (κ2) is 8.18. The van der Waals surface area contributed by atoms with Crippen LogP contribution in [0.2, 0.25) is 5.02 Å². The Balaban J connectivity index is 1.70. The number of sulfonamides is 1. The summed E-state index contributed by atoms with van der Waals surface area (Å²) in [6.45, 7) is 0. The maximum absolute atomic E-state index is 12.1. The van der Waals surface area contributed by atoms with E-state index in [9.17, 15) is 8.42 Å². The SMILES string of the molecule is CN(C)S(=O)(=O)c1ccc(-c2csc(N/N=C\c3cccc(Cl)c3)n2)cc1. The molecule has 0 unspecified atom stereocenters. The molecule has 1 N–H and O–H groups in total. The van der Waals surface area contributed by atoms with E-state index in [0.29, 0.717) is 10.2 Å². The van der Waals surface area contributed by atoms with Gasteiger partial charge in [0.05, 0.1) is 16.8 Å². The summed E-state index contributed by atoms with van der Waals surface area (Å²) in [5.41, 5.74) is 5.34. The molecule has 6 nitrogen and oxygen atoms in total. The lowest BCUT2D eigenvalue weighted by atomic mass is 10.2. The fourth-order valence-corrected chi connectivity index (χ4v) is 3.98. The fraction of sp³-hybridized carbons (Fsp3) is 0.111. The molecule has 3 aromatic rings. The number of anilines is 1. The number of nitrogens with one attached hydrogen (secondary N) is 1. The minimum Gasteiger partial charge on any atom is -0.253 e. The van der Waals surface area contributed by atoms with Gasteiger partial charge in [-0.1, -0.05) is 35.9 Å². The van der Waals surface area contributed by atoms with Crippen LogP contribution in [0.3, 0.4) is 0 Å². The maximum Gasteiger partial charge on any atom is 0.242 e. The lowest BCUT2D eigenvalue weighted by Crippen LogP contribution is -2.22. The van der Waals surface area contributed by atoms with E-state index in [1.807, 2.05) is 23.6 Å². The van der Waals surface area contributed by atoms with Gasteiger partial charge in [0.1, 0.15) is 0 Å². The summed E-state index contributed by atoms with van der Waals surface area (Å²) in [5, 5.41) is 7.32. The third-order valence-electron chi connectivity index (χ3n) is 3.66. The van der Waals surface area contributed by atoms with Crippen molar-refractivity contribution in [3.8, 4) is 11.3 Å². The minimum atomic E-state index is -3.44. The Morgan fingerprint density at radius 3 is 2.59 bits per heavy atom. The van der Waals surface area contributed by atoms with Gasteiger partial charge in [0.2, 0.25) is 15.2 Å². The van der Waals surface area contributed by atoms with Crippen molar-refractivity contribution in [1.82, 2.24) is 9.29 Å². The quantitative estimate of drug-likeness (QED) is 0.480. The van der Waals surface area contributed by atoms with Gasteiger partial charge in [0, 0.05) is 30.1 Å². The van der Waals surface area contributed by atoms with Crippen LogP contribution in [0.15, 0.2) is 63.9 Å². The number of aromatic nitrogens is 1. The van der Waals surface area contributed by atoms with E-state index in [4.69, 9.17) is 11.6 Å². The van der Waals surface area contributed by atoms with Crippen LogP contribution in [0.5, 0.6) is 0 Å². The summed E-state index contributed by atoms with van der Waals surface area (Å²) in [7, 11) is -0.426. The summed E-state index contributed by atoms with van der Waals surface area (Å²) in [4.78, 5) is 4.71. The third kappa shape index (κ3) is 4.72. The number of nitrogens with zero attached hydrogens (tertiary/aromatic N) is 3. The summed E-state index contributed by atoms with van der Waals surface area (Å²) in [5.74, 6) is 0. The van der Waals surface area contributed by atoms with Crippen LogP contribution >= 0.6 is 22.9 Å². The zero-order chi connectivity index (χ0) is 19.4. The molecule has 0 spiro atoms. The molecule has 0 fully saturated rings. The lowest BCUT2D eigenvalue weighted by molar-refractivity contribution is 0.521. The average Bonchev–Trinajstić information content (AvgIpc) is 3.11. The van der Waals surface area contributed by atoms with Crippen molar-refractivity contribution < 1.29 is 8.42 Å². The highest BCUT2D eigenvalue weighted by Crippen LogP contribution is 2.26. The van der Waals surface area contributed by atoms with Crippen LogP contribution in [0.25, 0.3) is 11.3 Å². The van der Waals surface area contributed by atoms with Gasteiger partial charge in [0.25, 0.3) is 0 Å². The monoisotopic (exact) mass is 420 g/mol. The van der Waals surface area contributed by atoms with Crippen molar-refractivity contribution in [2.24, 2.45) is 5.10 Å². The highest BCUT2D eigenvalue weighted by Gasteiger charge is 2.17. The fourth-order valence-electron chi connectivity index (χ4n) is 2.22. The molecule has 0 saturated carbocycles. The summed E-state index contributed by atoms with van der Waals surface area (Å²) >= 11 is 7.34. The van der Waals surface area contributed by atoms with Gasteiger partial charge in [-0.05, 0) is 29.8 Å². The number of thiazole rings is 1. The normalized spacial score (nSPS) is 12.0. The van der Waals surface area contributed by atoms with E-state index in [2.05, 4.69) is 15.5 Å². The Labute approximate surface area is 167 Å². The zero-order valence-corrected chi connectivity index (χ0v) is 17.0. The first kappa shape index (κ1) is 19.5. The highest BCUT2D eigenvalue weighted by atomic mass is 35.5. The number of halogens is 1. The molecule has 0 amide bonds. The molecule has 27 heavy (non-hydrogen) atoms. The standard InChI is InChI=1S/C18H17ClN4O2S2/c1-23(2)27(24,25)16-8-6-14(7-9-16)17-12-26-18(21-17)22-20-11-13-4-3-5-15(19)10-13/h3-12H,1-2H3,(H,21,22)/b20-11-. The van der Waals surface area contributed by atoms with Gasteiger partial charge in [-0.15, -0.1) is 11.3 Å². The largest absolute Gasteiger partial charge is 0.253 e. The second-order valence-corrected chi connectivity index (χ2v) is 9.22. The molecule has 0 aliphatic rings. The number of hydrazone groups is 1. The highest BCUT2D eigenvalue weighted by molar-refractivity contribution is 7.89. The number of hydrogen-bond acceptors (Lipinski definition) is 6. The van der Waals surface area contributed by atoms with E-state index in [1.165, 1.54) is 29.7 Å². The Kier molecular flexibility index (Phi) is 5.91. The minimum absolute atomic E-state index is 0.246. The molecule has 3 rings (SSSR count). The van der Waals surface area contributed by atoms with E-state index in [1.54, 1.807) is 36.5 Å². The van der Waals surface area contributed by atoms with E-state index >= 15 is 0 Å². The van der Waals surface area contributed by atoms with Gasteiger partial charge in [-0.2, -0.15) is 5.10 Å². The van der Waals surface area contributed by atoms with Crippen molar-refractivity contribution >= 4 is 44.3 Å². The van der Waals surface area contributed by atoms with E-state index < -0.39 is 10.0 Å². The molecule has 1 aromatic heterocycles. The van der Waals surface area contributed by atoms with Crippen molar-refractivity contribution in [1.29, 1.82) is 0 Å². The maximum atomic E-state index is 12.1. The molecule has 1 heterocycles. The smallest absolute Gasteiger partial charge is 0.242 e. The Morgan fingerprint density at radius 2 is 1.93 bits per heavy atom. The van der Waals surface area contributed by atoms with Crippen molar-refractivity contribution in [2.45, 2.75) is 4.90 Å². The summed E-state index contributed by atoms with van der Waals surface area (Å²) < 4.78 is 25.4. The lowest BCUT2D eigenvalue weighted by Gasteiger charge is -2.11. The third-order valence-corrected chi connectivity index (χ3v) is 6.47. The number of benzene rings is 2. The van der Waals surface area contributed by atoms with Crippen LogP contribution in [0.1, 0.15) is 5.56 Å². The average molecular weight is 421 g/mol. The van der Waals surface area contributed by atoms with Gasteiger partial charge in [-0.25, -0.2) is 17.7 Å². The molecule has 140 valence electrons. The first-order valence-electron chi connectivity index (χ1n) is 7.89. The first-order chi connectivity index (χ1) is 12.9. The molecular weight excluding hydrogens is 404 g/mol. The van der Waals surface area contributed by atoms with Crippen molar-refractivity contribution in [2.75, 3.05) is 19.5 Å². The number of hydrogen-bond donors (Lipinski definition) is 1. The van der Waals surface area contributed by atoms with Gasteiger partial charge in [0.15, 0.2) is 0 Å². The predicted octanol–water partition coefficient (Wildman–Crippen LogP) is 4.16. The molecule has 0 atom stereocenters. The molecular formula is C18H17ClN4O2S2. The molecule has 2 aromatic carbocycles. The Morgan fingerprint density at radius 1 is 1.19 bits per heavy atom. The second-order valence-electron chi connectivity index (χ2n) is 5.77. The molecule has 0 bridgehead atoms. The zero-order valence-electron chi connectivity index (χ0n) is 14.6. The molecule has 9 heteroatoms. The topological polar surface area (TPSA) is 74.7 Å². The molecule has 0 radical (unpaired) electrons. The Bertz CT molecular complexity index is 1060. The summed E-state index contributed by atoms with van der Waals surface area (Å²) in [6.07, 6.45) is 1.66. The van der Waals surface area contributed by atoms with Gasteiger partial charge < -0.3 is 0 Å². The molecule has 0 saturated heterocycles. The van der Waals surface area contributed by atoms with Crippen LogP contribution in [0.4, 0.5) is 5.13 Å². The first-order valence-corrected chi connectivity index (χ1v) is 10.6. The van der Waals surface area contributed by atoms with Crippen LogP contribution in [-0.4, -0.2) is 38.0 Å². The molecule has 0 aliphatic heterocycles. The van der Waals surface area contributed by atoms with Crippen LogP contribution in [0, 0.1) is 0 Å². The van der Waals surface area contributed by atoms with Crippen molar-refractivity contribution in [3.63, 3.8) is 0 Å². The van der Waals surface area contributed by atoms with E-state index in [-0.39, 0.29) is 4.90 Å². The van der Waals surface area contributed by atoms with Crippen LogP contribution < -0.4 is 5.43 Å². The Hall–Kier alpha value is -2.26. The van der Waals surface area contributed by atoms with Crippen LogP contribution in [-0.2, 0) is 10.0 Å².